The Bertz CT molecular complexity index is 456. The van der Waals surface area contributed by atoms with Crippen LogP contribution in [0, 0.1) is 28.6 Å². The Labute approximate surface area is 102 Å². The number of aryl methyl sites for hydroxylation is 1. The van der Waals surface area contributed by atoms with Gasteiger partial charge in [0.1, 0.15) is 0 Å². The van der Waals surface area contributed by atoms with Crippen molar-refractivity contribution in [3.63, 3.8) is 0 Å². The molecule has 1 aromatic heterocycles. The lowest BCUT2D eigenvalue weighted by molar-refractivity contribution is 0.239. The molecule has 1 heterocycles. The normalized spacial score (nSPS) is 35.1. The predicted molar refractivity (Wildman–Crippen MR) is 65.1 cm³/mol. The number of aromatic nitrogens is 2. The summed E-state index contributed by atoms with van der Waals surface area (Å²) in [5, 5.41) is 13.9. The number of rotatable bonds is 3. The van der Waals surface area contributed by atoms with E-state index < -0.39 is 0 Å². The molecule has 2 aliphatic carbocycles. The van der Waals surface area contributed by atoms with Crippen molar-refractivity contribution in [2.24, 2.45) is 17.3 Å². The van der Waals surface area contributed by atoms with Crippen LogP contribution in [0.1, 0.15) is 38.2 Å². The van der Waals surface area contributed by atoms with Crippen LogP contribution in [0.25, 0.3) is 0 Å². The molecule has 17 heavy (non-hydrogen) atoms. The summed E-state index contributed by atoms with van der Waals surface area (Å²) < 4.78 is 1.95. The smallest absolute Gasteiger partial charge is 0.0696 e. The summed E-state index contributed by atoms with van der Waals surface area (Å²) in [6, 6.07) is 2.65. The zero-order valence-corrected chi connectivity index (χ0v) is 10.4. The van der Waals surface area contributed by atoms with Gasteiger partial charge in [0.25, 0.3) is 0 Å². The molecule has 3 heteroatoms. The van der Waals surface area contributed by atoms with Crippen LogP contribution in [0.15, 0.2) is 12.4 Å². The molecule has 2 bridgehead atoms. The van der Waals surface area contributed by atoms with Crippen molar-refractivity contribution in [3.05, 3.63) is 18.0 Å². The van der Waals surface area contributed by atoms with Gasteiger partial charge in [-0.1, -0.05) is 6.42 Å². The molecule has 1 aromatic rings. The first-order valence-electron chi connectivity index (χ1n) is 6.68. The first-order chi connectivity index (χ1) is 8.25. The van der Waals surface area contributed by atoms with Crippen molar-refractivity contribution in [1.29, 1.82) is 5.26 Å². The zero-order chi connectivity index (χ0) is 11.9. The predicted octanol–water partition coefficient (Wildman–Crippen LogP) is 2.78. The fraction of sp³-hybridized carbons (Fsp3) is 0.714. The van der Waals surface area contributed by atoms with Gasteiger partial charge in [-0.05, 0) is 50.0 Å². The lowest BCUT2D eigenvalue weighted by atomic mass is 9.71. The van der Waals surface area contributed by atoms with Crippen molar-refractivity contribution in [2.75, 3.05) is 0 Å². The van der Waals surface area contributed by atoms with E-state index in [1.807, 2.05) is 10.9 Å². The second-order valence-corrected chi connectivity index (χ2v) is 5.73. The highest BCUT2D eigenvalue weighted by Gasteiger charge is 2.51. The third-order valence-corrected chi connectivity index (χ3v) is 4.73. The van der Waals surface area contributed by atoms with Gasteiger partial charge in [0.15, 0.2) is 0 Å². The van der Waals surface area contributed by atoms with Gasteiger partial charge in [-0.3, -0.25) is 4.68 Å². The molecular weight excluding hydrogens is 210 g/mol. The van der Waals surface area contributed by atoms with Crippen LogP contribution >= 0.6 is 0 Å². The number of hydrogen-bond donors (Lipinski definition) is 0. The van der Waals surface area contributed by atoms with E-state index in [0.717, 1.165) is 25.3 Å². The number of nitrogens with zero attached hydrogens (tertiary/aromatic N) is 3. The van der Waals surface area contributed by atoms with Gasteiger partial charge < -0.3 is 0 Å². The van der Waals surface area contributed by atoms with Gasteiger partial charge in [0.05, 0.1) is 17.7 Å². The largest absolute Gasteiger partial charge is 0.273 e. The topological polar surface area (TPSA) is 41.6 Å². The van der Waals surface area contributed by atoms with Gasteiger partial charge in [-0.15, -0.1) is 0 Å². The highest BCUT2D eigenvalue weighted by Crippen LogP contribution is 2.56. The van der Waals surface area contributed by atoms with Crippen LogP contribution in [-0.4, -0.2) is 9.78 Å². The van der Waals surface area contributed by atoms with E-state index in [2.05, 4.69) is 24.3 Å². The Morgan fingerprint density at radius 1 is 1.59 bits per heavy atom. The second-order valence-electron chi connectivity index (χ2n) is 5.73. The molecule has 0 N–H and O–H groups in total. The Balaban J connectivity index is 1.81. The number of nitriles is 1. The molecule has 3 rings (SSSR count). The van der Waals surface area contributed by atoms with Crippen molar-refractivity contribution >= 4 is 0 Å². The third kappa shape index (κ3) is 1.67. The molecule has 2 aliphatic rings. The Morgan fingerprint density at radius 2 is 2.47 bits per heavy atom. The van der Waals surface area contributed by atoms with Crippen LogP contribution in [0.5, 0.6) is 0 Å². The lowest BCUT2D eigenvalue weighted by Gasteiger charge is -2.30. The first-order valence-corrected chi connectivity index (χ1v) is 6.68. The van der Waals surface area contributed by atoms with E-state index in [9.17, 15) is 5.26 Å². The molecule has 2 saturated carbocycles. The molecule has 0 radical (unpaired) electrons. The third-order valence-electron chi connectivity index (χ3n) is 4.73. The fourth-order valence-electron chi connectivity index (χ4n) is 3.87. The molecule has 0 saturated heterocycles. The van der Waals surface area contributed by atoms with Crippen LogP contribution in [-0.2, 0) is 13.0 Å². The summed E-state index contributed by atoms with van der Waals surface area (Å²) in [4.78, 5) is 0. The molecule has 0 aliphatic heterocycles. The SMILES string of the molecule is CCn1cc(CC2(C#N)CC3CCC2C3)cn1. The summed E-state index contributed by atoms with van der Waals surface area (Å²) in [6.07, 6.45) is 9.97. The van der Waals surface area contributed by atoms with E-state index in [0.29, 0.717) is 5.92 Å². The van der Waals surface area contributed by atoms with Crippen molar-refractivity contribution in [3.8, 4) is 6.07 Å². The van der Waals surface area contributed by atoms with Crippen molar-refractivity contribution in [1.82, 2.24) is 9.78 Å². The summed E-state index contributed by atoms with van der Waals surface area (Å²) in [5.74, 6) is 1.46. The first kappa shape index (κ1) is 10.8. The van der Waals surface area contributed by atoms with Crippen LogP contribution in [0.2, 0.25) is 0 Å². The van der Waals surface area contributed by atoms with E-state index in [4.69, 9.17) is 0 Å². The maximum Gasteiger partial charge on any atom is 0.0696 e. The fourth-order valence-corrected chi connectivity index (χ4v) is 3.87. The minimum Gasteiger partial charge on any atom is -0.273 e. The molecule has 0 spiro atoms. The summed E-state index contributed by atoms with van der Waals surface area (Å²) in [5.41, 5.74) is 1.16. The van der Waals surface area contributed by atoms with Gasteiger partial charge in [-0.25, -0.2) is 0 Å². The van der Waals surface area contributed by atoms with Gasteiger partial charge >= 0.3 is 0 Å². The highest BCUT2D eigenvalue weighted by atomic mass is 15.3. The quantitative estimate of drug-likeness (QED) is 0.799. The standard InChI is InChI=1S/C14H19N3/c1-2-17-9-12(8-16-17)7-14(10-15)6-11-3-4-13(14)5-11/h8-9,11,13H,2-7H2,1H3. The van der Waals surface area contributed by atoms with E-state index in [-0.39, 0.29) is 5.41 Å². The molecule has 3 unspecified atom stereocenters. The van der Waals surface area contributed by atoms with Gasteiger partial charge in [0.2, 0.25) is 0 Å². The minimum absolute atomic E-state index is 0.0788. The Kier molecular flexibility index (Phi) is 2.47. The molecule has 3 nitrogen and oxygen atoms in total. The van der Waals surface area contributed by atoms with Gasteiger partial charge in [0, 0.05) is 12.7 Å². The maximum atomic E-state index is 9.59. The average Bonchev–Trinajstić information content (AvgIpc) is 3.04. The Morgan fingerprint density at radius 3 is 3.00 bits per heavy atom. The monoisotopic (exact) mass is 229 g/mol. The Hall–Kier alpha value is -1.30. The summed E-state index contributed by atoms with van der Waals surface area (Å²) in [7, 11) is 0. The van der Waals surface area contributed by atoms with E-state index in [1.54, 1.807) is 0 Å². The number of fused-ring (bicyclic) bond motifs is 2. The van der Waals surface area contributed by atoms with Crippen LogP contribution < -0.4 is 0 Å². The van der Waals surface area contributed by atoms with Crippen molar-refractivity contribution in [2.45, 2.75) is 45.6 Å². The number of hydrogen-bond acceptors (Lipinski definition) is 2. The molecule has 3 atom stereocenters. The second kappa shape index (κ2) is 3.87. The van der Waals surface area contributed by atoms with Crippen LogP contribution in [0.4, 0.5) is 0 Å². The molecule has 0 amide bonds. The van der Waals surface area contributed by atoms with E-state index in [1.165, 1.54) is 24.8 Å². The zero-order valence-electron chi connectivity index (χ0n) is 10.4. The highest BCUT2D eigenvalue weighted by molar-refractivity contribution is 5.19. The maximum absolute atomic E-state index is 9.59. The van der Waals surface area contributed by atoms with Crippen LogP contribution in [0.3, 0.4) is 0 Å². The summed E-state index contributed by atoms with van der Waals surface area (Å²) in [6.45, 7) is 3.00. The average molecular weight is 229 g/mol. The van der Waals surface area contributed by atoms with Gasteiger partial charge in [-0.2, -0.15) is 10.4 Å². The lowest BCUT2D eigenvalue weighted by Crippen LogP contribution is -2.28. The molecular formula is C14H19N3. The summed E-state index contributed by atoms with van der Waals surface area (Å²) >= 11 is 0. The molecule has 2 fully saturated rings. The minimum atomic E-state index is -0.0788. The molecule has 90 valence electrons. The van der Waals surface area contributed by atoms with Crippen molar-refractivity contribution < 1.29 is 0 Å². The molecule has 0 aromatic carbocycles. The van der Waals surface area contributed by atoms with E-state index >= 15 is 0 Å².